The van der Waals surface area contributed by atoms with Crippen LogP contribution in [-0.2, 0) is 4.79 Å². The zero-order valence-electron chi connectivity index (χ0n) is 10.1. The minimum absolute atomic E-state index is 0.144. The summed E-state index contributed by atoms with van der Waals surface area (Å²) in [5, 5.41) is 3.10. The molecule has 0 radical (unpaired) electrons. The number of carbonyl (C=O) groups excluding carboxylic acids is 1. The lowest BCUT2D eigenvalue weighted by Crippen LogP contribution is -2.34. The van der Waals surface area contributed by atoms with Gasteiger partial charge in [0.2, 0.25) is 5.91 Å². The quantitative estimate of drug-likeness (QED) is 0.835. The van der Waals surface area contributed by atoms with Crippen LogP contribution in [0.4, 0.5) is 0 Å². The second kappa shape index (κ2) is 6.05. The summed E-state index contributed by atoms with van der Waals surface area (Å²) in [4.78, 5) is 16.8. The zero-order chi connectivity index (χ0) is 12.1. The van der Waals surface area contributed by atoms with Crippen molar-refractivity contribution in [1.82, 2.24) is 10.3 Å². The van der Waals surface area contributed by atoms with E-state index >= 15 is 0 Å². The maximum atomic E-state index is 11.7. The topological polar surface area (TPSA) is 42.0 Å². The van der Waals surface area contributed by atoms with Crippen LogP contribution in [0.3, 0.4) is 0 Å². The minimum Gasteiger partial charge on any atom is -0.353 e. The van der Waals surface area contributed by atoms with Crippen molar-refractivity contribution < 1.29 is 4.79 Å². The third-order valence-electron chi connectivity index (χ3n) is 3.08. The number of hydrogen-bond acceptors (Lipinski definition) is 3. The van der Waals surface area contributed by atoms with Crippen molar-refractivity contribution in [1.29, 1.82) is 0 Å². The molecule has 1 saturated carbocycles. The Morgan fingerprint density at radius 3 is 2.88 bits per heavy atom. The summed E-state index contributed by atoms with van der Waals surface area (Å²) in [6, 6.07) is 4.25. The maximum Gasteiger partial charge on any atom is 0.230 e. The molecule has 1 N–H and O–H groups in total. The van der Waals surface area contributed by atoms with Crippen LogP contribution in [0.2, 0.25) is 0 Å². The smallest absolute Gasteiger partial charge is 0.230 e. The Hall–Kier alpha value is -1.03. The first-order valence-corrected chi connectivity index (χ1v) is 7.05. The minimum atomic E-state index is 0.144. The molecule has 2 unspecified atom stereocenters. The molecule has 1 aromatic rings. The highest BCUT2D eigenvalue weighted by Crippen LogP contribution is 2.24. The molecule has 0 bridgehead atoms. The van der Waals surface area contributed by atoms with Gasteiger partial charge in [-0.05, 0) is 37.3 Å². The Balaban J connectivity index is 1.71. The Kier molecular flexibility index (Phi) is 4.42. The number of nitrogens with one attached hydrogen (secondary N) is 1. The van der Waals surface area contributed by atoms with E-state index in [0.717, 1.165) is 23.7 Å². The fourth-order valence-corrected chi connectivity index (χ4v) is 2.89. The largest absolute Gasteiger partial charge is 0.353 e. The molecule has 1 amide bonds. The molecule has 2 rings (SSSR count). The van der Waals surface area contributed by atoms with Gasteiger partial charge in [-0.1, -0.05) is 6.92 Å². The van der Waals surface area contributed by atoms with Gasteiger partial charge in [0.25, 0.3) is 0 Å². The fourth-order valence-electron chi connectivity index (χ4n) is 2.19. The molecule has 1 heterocycles. The standard InChI is InChI=1S/C13H18N2OS/c1-10-2-3-11(8-10)15-13(16)9-17-12-4-6-14-7-5-12/h4-7,10-11H,2-3,8-9H2,1H3,(H,15,16). The predicted molar refractivity (Wildman–Crippen MR) is 69.9 cm³/mol. The van der Waals surface area contributed by atoms with Crippen molar-refractivity contribution in [2.45, 2.75) is 37.1 Å². The lowest BCUT2D eigenvalue weighted by Gasteiger charge is -2.12. The summed E-state index contributed by atoms with van der Waals surface area (Å²) >= 11 is 1.56. The third-order valence-corrected chi connectivity index (χ3v) is 4.09. The number of thioether (sulfide) groups is 1. The molecule has 1 aliphatic rings. The van der Waals surface area contributed by atoms with E-state index in [-0.39, 0.29) is 5.91 Å². The van der Waals surface area contributed by atoms with E-state index in [1.807, 2.05) is 12.1 Å². The molecule has 1 aliphatic carbocycles. The van der Waals surface area contributed by atoms with Gasteiger partial charge in [0.15, 0.2) is 0 Å². The summed E-state index contributed by atoms with van der Waals surface area (Å²) in [6.07, 6.45) is 7.00. The van der Waals surface area contributed by atoms with Crippen molar-refractivity contribution >= 4 is 17.7 Å². The van der Waals surface area contributed by atoms with E-state index in [9.17, 15) is 4.79 Å². The summed E-state index contributed by atoms with van der Waals surface area (Å²) < 4.78 is 0. The number of carbonyl (C=O) groups is 1. The number of pyridine rings is 1. The normalized spacial score (nSPS) is 23.6. The van der Waals surface area contributed by atoms with Crippen molar-refractivity contribution in [2.24, 2.45) is 5.92 Å². The number of amides is 1. The molecule has 92 valence electrons. The van der Waals surface area contributed by atoms with Crippen molar-refractivity contribution in [3.63, 3.8) is 0 Å². The number of hydrogen-bond donors (Lipinski definition) is 1. The maximum absolute atomic E-state index is 11.7. The molecule has 1 aromatic heterocycles. The van der Waals surface area contributed by atoms with Crippen molar-refractivity contribution in [3.05, 3.63) is 24.5 Å². The Morgan fingerprint density at radius 2 is 2.24 bits per heavy atom. The molecule has 2 atom stereocenters. The van der Waals surface area contributed by atoms with Gasteiger partial charge in [-0.3, -0.25) is 9.78 Å². The lowest BCUT2D eigenvalue weighted by atomic mass is 10.1. The average molecular weight is 250 g/mol. The SMILES string of the molecule is CC1CCC(NC(=O)CSc2ccncc2)C1. The van der Waals surface area contributed by atoms with Crippen LogP contribution in [0, 0.1) is 5.92 Å². The van der Waals surface area contributed by atoms with Crippen LogP contribution in [0.5, 0.6) is 0 Å². The molecule has 0 aromatic carbocycles. The second-order valence-electron chi connectivity index (χ2n) is 4.65. The van der Waals surface area contributed by atoms with Crippen LogP contribution in [-0.4, -0.2) is 22.7 Å². The first-order chi connectivity index (χ1) is 8.24. The highest BCUT2D eigenvalue weighted by molar-refractivity contribution is 8.00. The zero-order valence-corrected chi connectivity index (χ0v) is 10.9. The Morgan fingerprint density at radius 1 is 1.47 bits per heavy atom. The van der Waals surface area contributed by atoms with E-state index < -0.39 is 0 Å². The fraction of sp³-hybridized carbons (Fsp3) is 0.538. The van der Waals surface area contributed by atoms with Gasteiger partial charge in [-0.25, -0.2) is 0 Å². The second-order valence-corrected chi connectivity index (χ2v) is 5.70. The van der Waals surface area contributed by atoms with Crippen LogP contribution in [0.15, 0.2) is 29.4 Å². The van der Waals surface area contributed by atoms with Gasteiger partial charge in [-0.15, -0.1) is 11.8 Å². The highest BCUT2D eigenvalue weighted by atomic mass is 32.2. The monoisotopic (exact) mass is 250 g/mol. The van der Waals surface area contributed by atoms with E-state index in [4.69, 9.17) is 0 Å². The van der Waals surface area contributed by atoms with Gasteiger partial charge >= 0.3 is 0 Å². The van der Waals surface area contributed by atoms with E-state index in [1.165, 1.54) is 6.42 Å². The molecular weight excluding hydrogens is 232 g/mol. The van der Waals surface area contributed by atoms with Crippen molar-refractivity contribution in [2.75, 3.05) is 5.75 Å². The molecule has 0 spiro atoms. The van der Waals surface area contributed by atoms with Crippen LogP contribution in [0.25, 0.3) is 0 Å². The number of nitrogens with zero attached hydrogens (tertiary/aromatic N) is 1. The highest BCUT2D eigenvalue weighted by Gasteiger charge is 2.22. The van der Waals surface area contributed by atoms with Gasteiger partial charge in [0.1, 0.15) is 0 Å². The van der Waals surface area contributed by atoms with Crippen LogP contribution in [0.1, 0.15) is 26.2 Å². The van der Waals surface area contributed by atoms with E-state index in [0.29, 0.717) is 11.8 Å². The Bertz CT molecular complexity index is 369. The first-order valence-electron chi connectivity index (χ1n) is 6.06. The summed E-state index contributed by atoms with van der Waals surface area (Å²) in [5.41, 5.74) is 0. The number of aromatic nitrogens is 1. The van der Waals surface area contributed by atoms with E-state index in [2.05, 4.69) is 17.2 Å². The summed E-state index contributed by atoms with van der Waals surface area (Å²) in [5.74, 6) is 1.40. The molecule has 17 heavy (non-hydrogen) atoms. The summed E-state index contributed by atoms with van der Waals surface area (Å²) in [6.45, 7) is 2.25. The van der Waals surface area contributed by atoms with E-state index in [1.54, 1.807) is 24.2 Å². The molecule has 3 nitrogen and oxygen atoms in total. The van der Waals surface area contributed by atoms with Crippen LogP contribution >= 0.6 is 11.8 Å². The lowest BCUT2D eigenvalue weighted by molar-refractivity contribution is -0.119. The van der Waals surface area contributed by atoms with Gasteiger partial charge in [0, 0.05) is 23.3 Å². The van der Waals surface area contributed by atoms with Crippen molar-refractivity contribution in [3.8, 4) is 0 Å². The first kappa shape index (κ1) is 12.4. The van der Waals surface area contributed by atoms with Gasteiger partial charge < -0.3 is 5.32 Å². The third kappa shape index (κ3) is 4.04. The molecule has 0 saturated heterocycles. The van der Waals surface area contributed by atoms with Gasteiger partial charge in [-0.2, -0.15) is 0 Å². The predicted octanol–water partition coefficient (Wildman–Crippen LogP) is 2.48. The molecule has 4 heteroatoms. The Labute approximate surface area is 106 Å². The molecule has 0 aliphatic heterocycles. The molecular formula is C13H18N2OS. The summed E-state index contributed by atoms with van der Waals surface area (Å²) in [7, 11) is 0. The van der Waals surface area contributed by atoms with Gasteiger partial charge in [0.05, 0.1) is 5.75 Å². The molecule has 1 fully saturated rings. The average Bonchev–Trinajstić information content (AvgIpc) is 2.73. The number of rotatable bonds is 4. The van der Waals surface area contributed by atoms with Crippen LogP contribution < -0.4 is 5.32 Å².